The fraction of sp³-hybridized carbons (Fsp3) is 0.300. The topological polar surface area (TPSA) is 29.4 Å². The van der Waals surface area contributed by atoms with Crippen LogP contribution >= 0.6 is 0 Å². The number of hydrogen-bond acceptors (Lipinski definition) is 2. The van der Waals surface area contributed by atoms with Gasteiger partial charge >= 0.3 is 0 Å². The minimum atomic E-state index is -0.244. The van der Waals surface area contributed by atoms with Crippen molar-refractivity contribution < 1.29 is 9.18 Å². The molecule has 0 aliphatic carbocycles. The third kappa shape index (κ3) is 2.80. The van der Waals surface area contributed by atoms with Crippen molar-refractivity contribution in [3.63, 3.8) is 0 Å². The van der Waals surface area contributed by atoms with Crippen LogP contribution in [0.2, 0.25) is 0 Å². The Hall–Kier alpha value is -1.47. The van der Waals surface area contributed by atoms with Crippen molar-refractivity contribution in [2.75, 3.05) is 6.54 Å². The molecule has 0 amide bonds. The molecule has 2 nitrogen and oxygen atoms in total. The van der Waals surface area contributed by atoms with Gasteiger partial charge in [-0.05, 0) is 25.0 Å². The van der Waals surface area contributed by atoms with Crippen molar-refractivity contribution in [3.05, 3.63) is 35.1 Å². The highest BCUT2D eigenvalue weighted by Gasteiger charge is 2.00. The van der Waals surface area contributed by atoms with E-state index in [1.807, 2.05) is 6.92 Å². The molecular formula is C10H10FNO. The number of rotatable bonds is 3. The molecule has 0 radical (unpaired) electrons. The molecule has 0 aromatic heterocycles. The molecule has 0 bridgehead atoms. The Morgan fingerprint density at radius 1 is 1.54 bits per heavy atom. The van der Waals surface area contributed by atoms with Gasteiger partial charge in [0.15, 0.2) is 0 Å². The van der Waals surface area contributed by atoms with Gasteiger partial charge < -0.3 is 0 Å². The maximum atomic E-state index is 13.1. The lowest BCUT2D eigenvalue weighted by molar-refractivity contribution is 0.562. The Kier molecular flexibility index (Phi) is 3.35. The summed E-state index contributed by atoms with van der Waals surface area (Å²) in [4.78, 5) is 13.1. The minimum absolute atomic E-state index is 0.244. The molecule has 0 aliphatic rings. The number of halogens is 1. The monoisotopic (exact) mass is 179 g/mol. The number of aryl methyl sites for hydroxylation is 1. The Labute approximate surface area is 76.1 Å². The van der Waals surface area contributed by atoms with Gasteiger partial charge in [0.1, 0.15) is 5.82 Å². The van der Waals surface area contributed by atoms with Gasteiger partial charge in [-0.15, -0.1) is 0 Å². The number of carbonyl (C=O) groups excluding carboxylic acids is 1. The van der Waals surface area contributed by atoms with Gasteiger partial charge in [0.2, 0.25) is 6.08 Å². The second-order valence-electron chi connectivity index (χ2n) is 2.82. The van der Waals surface area contributed by atoms with Gasteiger partial charge in [-0.3, -0.25) is 0 Å². The van der Waals surface area contributed by atoms with Gasteiger partial charge in [0.25, 0.3) is 0 Å². The lowest BCUT2D eigenvalue weighted by atomic mass is 10.1. The third-order valence-electron chi connectivity index (χ3n) is 1.76. The van der Waals surface area contributed by atoms with Crippen LogP contribution in [0.4, 0.5) is 4.39 Å². The molecule has 0 heterocycles. The average Bonchev–Trinajstić information content (AvgIpc) is 2.11. The van der Waals surface area contributed by atoms with Crippen LogP contribution in [-0.4, -0.2) is 12.6 Å². The zero-order valence-electron chi connectivity index (χ0n) is 7.38. The fourth-order valence-corrected chi connectivity index (χ4v) is 1.12. The zero-order valence-corrected chi connectivity index (χ0v) is 7.38. The van der Waals surface area contributed by atoms with Crippen molar-refractivity contribution in [2.24, 2.45) is 4.99 Å². The lowest BCUT2D eigenvalue weighted by Crippen LogP contribution is -1.94. The Bertz CT molecular complexity index is 343. The maximum absolute atomic E-state index is 13.1. The van der Waals surface area contributed by atoms with Gasteiger partial charge in [-0.2, -0.15) is 0 Å². The summed E-state index contributed by atoms with van der Waals surface area (Å²) in [7, 11) is 0. The van der Waals surface area contributed by atoms with Crippen molar-refractivity contribution in [2.45, 2.75) is 13.3 Å². The summed E-state index contributed by atoms with van der Waals surface area (Å²) < 4.78 is 13.1. The number of benzene rings is 1. The van der Waals surface area contributed by atoms with Crippen molar-refractivity contribution >= 4 is 6.08 Å². The van der Waals surface area contributed by atoms with Crippen molar-refractivity contribution in [1.29, 1.82) is 0 Å². The van der Waals surface area contributed by atoms with E-state index in [4.69, 9.17) is 0 Å². The minimum Gasteiger partial charge on any atom is -0.211 e. The zero-order chi connectivity index (χ0) is 9.68. The Morgan fingerprint density at radius 2 is 2.31 bits per heavy atom. The summed E-state index contributed by atoms with van der Waals surface area (Å²) in [5.41, 5.74) is 1.60. The van der Waals surface area contributed by atoms with Crippen LogP contribution in [0.15, 0.2) is 23.2 Å². The Morgan fingerprint density at radius 3 is 3.00 bits per heavy atom. The summed E-state index contributed by atoms with van der Waals surface area (Å²) in [6.07, 6.45) is 1.87. The van der Waals surface area contributed by atoms with Crippen LogP contribution in [0, 0.1) is 12.7 Å². The largest absolute Gasteiger partial charge is 0.234 e. The van der Waals surface area contributed by atoms with E-state index in [1.165, 1.54) is 12.1 Å². The SMILES string of the molecule is Cc1ccc(F)c(CCN=C=O)c1. The van der Waals surface area contributed by atoms with Crippen LogP contribution in [0.5, 0.6) is 0 Å². The number of nitrogens with zero attached hydrogens (tertiary/aromatic N) is 1. The van der Waals surface area contributed by atoms with Gasteiger partial charge in [-0.1, -0.05) is 17.7 Å². The van der Waals surface area contributed by atoms with Crippen LogP contribution in [0.1, 0.15) is 11.1 Å². The van der Waals surface area contributed by atoms with Gasteiger partial charge in [0.05, 0.1) is 6.54 Å². The molecule has 0 aliphatic heterocycles. The van der Waals surface area contributed by atoms with Crippen LogP contribution < -0.4 is 0 Å². The van der Waals surface area contributed by atoms with E-state index in [9.17, 15) is 9.18 Å². The summed E-state index contributed by atoms with van der Waals surface area (Å²) in [5, 5.41) is 0. The molecule has 0 atom stereocenters. The summed E-state index contributed by atoms with van der Waals surface area (Å²) in [6, 6.07) is 4.90. The highest BCUT2D eigenvalue weighted by molar-refractivity contribution is 5.33. The summed E-state index contributed by atoms with van der Waals surface area (Å²) >= 11 is 0. The van der Waals surface area contributed by atoms with Crippen LogP contribution in [-0.2, 0) is 11.2 Å². The van der Waals surface area contributed by atoms with Gasteiger partial charge in [-0.25, -0.2) is 14.2 Å². The first kappa shape index (κ1) is 9.62. The predicted molar refractivity (Wildman–Crippen MR) is 47.8 cm³/mol. The predicted octanol–water partition coefficient (Wildman–Crippen LogP) is 2.01. The molecule has 0 saturated carbocycles. The summed E-state index contributed by atoms with van der Waals surface area (Å²) in [6.45, 7) is 2.19. The second kappa shape index (κ2) is 4.53. The highest BCUT2D eigenvalue weighted by atomic mass is 19.1. The molecule has 1 aromatic rings. The normalized spacial score (nSPS) is 9.38. The molecule has 0 saturated heterocycles. The summed E-state index contributed by atoms with van der Waals surface area (Å²) in [5.74, 6) is -0.244. The van der Waals surface area contributed by atoms with Gasteiger partial charge in [0, 0.05) is 0 Å². The average molecular weight is 179 g/mol. The number of hydrogen-bond donors (Lipinski definition) is 0. The molecule has 0 fully saturated rings. The van der Waals surface area contributed by atoms with E-state index in [-0.39, 0.29) is 5.82 Å². The van der Waals surface area contributed by atoms with E-state index < -0.39 is 0 Å². The molecule has 1 aromatic carbocycles. The van der Waals surface area contributed by atoms with Crippen molar-refractivity contribution in [1.82, 2.24) is 0 Å². The number of isocyanates is 1. The quantitative estimate of drug-likeness (QED) is 0.515. The first-order valence-corrected chi connectivity index (χ1v) is 4.02. The Balaban J connectivity index is 2.75. The molecule has 1 rings (SSSR count). The van der Waals surface area contributed by atoms with Crippen molar-refractivity contribution in [3.8, 4) is 0 Å². The van der Waals surface area contributed by atoms with Crippen LogP contribution in [0.3, 0.4) is 0 Å². The molecule has 68 valence electrons. The number of aliphatic imine (C=N–C) groups is 1. The molecule has 0 unspecified atom stereocenters. The maximum Gasteiger partial charge on any atom is 0.234 e. The molecule has 0 spiro atoms. The lowest BCUT2D eigenvalue weighted by Gasteiger charge is -2.01. The van der Waals surface area contributed by atoms with E-state index in [0.29, 0.717) is 18.5 Å². The second-order valence-corrected chi connectivity index (χ2v) is 2.82. The molecule has 3 heteroatoms. The van der Waals surface area contributed by atoms with Crippen LogP contribution in [0.25, 0.3) is 0 Å². The first-order valence-electron chi connectivity index (χ1n) is 4.02. The van der Waals surface area contributed by atoms with E-state index in [1.54, 1.807) is 12.1 Å². The molecule has 0 N–H and O–H groups in total. The highest BCUT2D eigenvalue weighted by Crippen LogP contribution is 2.10. The molecule has 13 heavy (non-hydrogen) atoms. The molecular weight excluding hydrogens is 169 g/mol. The third-order valence-corrected chi connectivity index (χ3v) is 1.76. The van der Waals surface area contributed by atoms with E-state index >= 15 is 0 Å². The van der Waals surface area contributed by atoms with E-state index in [2.05, 4.69) is 4.99 Å². The first-order chi connectivity index (χ1) is 6.24. The fourth-order valence-electron chi connectivity index (χ4n) is 1.12. The van der Waals surface area contributed by atoms with E-state index in [0.717, 1.165) is 5.56 Å². The standard InChI is InChI=1S/C10H10FNO/c1-8-2-3-10(11)9(6-8)4-5-12-7-13/h2-3,6H,4-5H2,1H3. The smallest absolute Gasteiger partial charge is 0.211 e.